The van der Waals surface area contributed by atoms with Crippen molar-refractivity contribution < 1.29 is 13.5 Å². The Kier molecular flexibility index (Phi) is 4.34. The highest BCUT2D eigenvalue weighted by atomic mass is 32.2. The zero-order valence-electron chi connectivity index (χ0n) is 8.57. The minimum absolute atomic E-state index is 0.00838. The fraction of sp³-hybridized carbons (Fsp3) is 1.00. The van der Waals surface area contributed by atoms with Crippen LogP contribution in [0.25, 0.3) is 0 Å². The van der Waals surface area contributed by atoms with E-state index < -0.39 is 10.0 Å². The maximum Gasteiger partial charge on any atom is 0.214 e. The van der Waals surface area contributed by atoms with Crippen molar-refractivity contribution >= 4 is 10.0 Å². The van der Waals surface area contributed by atoms with E-state index in [2.05, 4.69) is 4.72 Å². The van der Waals surface area contributed by atoms with Crippen LogP contribution in [0.1, 0.15) is 32.6 Å². The lowest BCUT2D eigenvalue weighted by Gasteiger charge is -2.19. The highest BCUT2D eigenvalue weighted by Gasteiger charge is 2.24. The highest BCUT2D eigenvalue weighted by molar-refractivity contribution is 7.89. The van der Waals surface area contributed by atoms with Crippen molar-refractivity contribution in [2.45, 2.75) is 38.6 Å². The minimum Gasteiger partial charge on any atom is -0.395 e. The third-order valence-electron chi connectivity index (χ3n) is 2.83. The van der Waals surface area contributed by atoms with Gasteiger partial charge in [-0.3, -0.25) is 0 Å². The van der Waals surface area contributed by atoms with Crippen LogP contribution in [0, 0.1) is 5.92 Å². The van der Waals surface area contributed by atoms with Crippen molar-refractivity contribution in [3.8, 4) is 0 Å². The van der Waals surface area contributed by atoms with Crippen LogP contribution in [0.15, 0.2) is 0 Å². The summed E-state index contributed by atoms with van der Waals surface area (Å²) in [6.07, 6.45) is 4.64. The van der Waals surface area contributed by atoms with Crippen molar-refractivity contribution in [3.05, 3.63) is 0 Å². The van der Waals surface area contributed by atoms with Crippen molar-refractivity contribution in [2.75, 3.05) is 12.4 Å². The molecule has 0 aliphatic heterocycles. The summed E-state index contributed by atoms with van der Waals surface area (Å²) in [5.41, 5.74) is 0. The second-order valence-electron chi connectivity index (χ2n) is 3.99. The van der Waals surface area contributed by atoms with E-state index in [0.29, 0.717) is 5.92 Å². The standard InChI is InChI=1S/C9H19NO3S/c1-8(9-4-2-3-5-9)10-14(12,13)7-6-11/h8-11H,2-7H2,1H3. The molecule has 4 nitrogen and oxygen atoms in total. The molecule has 1 unspecified atom stereocenters. The average molecular weight is 221 g/mol. The Morgan fingerprint density at radius 3 is 2.50 bits per heavy atom. The summed E-state index contributed by atoms with van der Waals surface area (Å²) >= 11 is 0. The SMILES string of the molecule is CC(NS(=O)(=O)CCO)C1CCCC1. The van der Waals surface area contributed by atoms with E-state index in [0.717, 1.165) is 12.8 Å². The first-order valence-corrected chi connectivity index (χ1v) is 6.81. The molecular weight excluding hydrogens is 202 g/mol. The van der Waals surface area contributed by atoms with Gasteiger partial charge in [0.1, 0.15) is 0 Å². The normalized spacial score (nSPS) is 21.3. The molecule has 1 aliphatic carbocycles. The van der Waals surface area contributed by atoms with Gasteiger partial charge in [0.15, 0.2) is 0 Å². The number of aliphatic hydroxyl groups excluding tert-OH is 1. The lowest BCUT2D eigenvalue weighted by atomic mass is 10.0. The molecule has 1 saturated carbocycles. The predicted molar refractivity (Wildman–Crippen MR) is 55.4 cm³/mol. The molecule has 0 amide bonds. The van der Waals surface area contributed by atoms with Gasteiger partial charge in [-0.25, -0.2) is 13.1 Å². The van der Waals surface area contributed by atoms with Gasteiger partial charge in [-0.2, -0.15) is 0 Å². The second-order valence-corrected chi connectivity index (χ2v) is 5.87. The summed E-state index contributed by atoms with van der Waals surface area (Å²) < 4.78 is 25.3. The van der Waals surface area contributed by atoms with Crippen LogP contribution in [-0.2, 0) is 10.0 Å². The lowest BCUT2D eigenvalue weighted by molar-refractivity contribution is 0.318. The van der Waals surface area contributed by atoms with Gasteiger partial charge >= 0.3 is 0 Å². The average Bonchev–Trinajstić information content (AvgIpc) is 2.53. The maximum atomic E-state index is 11.3. The summed E-state index contributed by atoms with van der Waals surface area (Å²) in [5.74, 6) is 0.285. The molecule has 14 heavy (non-hydrogen) atoms. The third kappa shape index (κ3) is 3.55. The van der Waals surface area contributed by atoms with E-state index in [1.54, 1.807) is 0 Å². The lowest BCUT2D eigenvalue weighted by Crippen LogP contribution is -2.39. The quantitative estimate of drug-likeness (QED) is 0.709. The fourth-order valence-corrected chi connectivity index (χ4v) is 3.13. The minimum atomic E-state index is -3.27. The summed E-state index contributed by atoms with van der Waals surface area (Å²) in [6, 6.07) is 0.00838. The van der Waals surface area contributed by atoms with E-state index in [4.69, 9.17) is 5.11 Å². The molecule has 84 valence electrons. The van der Waals surface area contributed by atoms with E-state index in [1.165, 1.54) is 12.8 Å². The number of sulfonamides is 1. The van der Waals surface area contributed by atoms with Gasteiger partial charge in [0.2, 0.25) is 10.0 Å². The summed E-state index contributed by atoms with van der Waals surface area (Å²) in [7, 11) is -3.27. The molecule has 0 spiro atoms. The van der Waals surface area contributed by atoms with Crippen molar-refractivity contribution in [1.29, 1.82) is 0 Å². The number of aliphatic hydroxyl groups is 1. The molecule has 0 aromatic heterocycles. The first-order chi connectivity index (χ1) is 6.55. The molecule has 2 N–H and O–H groups in total. The van der Waals surface area contributed by atoms with Crippen LogP contribution in [0.5, 0.6) is 0 Å². The monoisotopic (exact) mass is 221 g/mol. The highest BCUT2D eigenvalue weighted by Crippen LogP contribution is 2.27. The predicted octanol–water partition coefficient (Wildman–Crippen LogP) is 0.477. The number of rotatable bonds is 5. The zero-order chi connectivity index (χ0) is 10.6. The van der Waals surface area contributed by atoms with Gasteiger partial charge in [0.05, 0.1) is 12.4 Å². The number of hydrogen-bond donors (Lipinski definition) is 2. The Morgan fingerprint density at radius 2 is 2.00 bits per heavy atom. The molecule has 0 heterocycles. The molecule has 0 radical (unpaired) electrons. The molecule has 1 fully saturated rings. The van der Waals surface area contributed by atoms with Crippen LogP contribution in [0.2, 0.25) is 0 Å². The summed E-state index contributed by atoms with van der Waals surface area (Å²) in [4.78, 5) is 0. The Bertz CT molecular complexity index is 257. The molecule has 1 aliphatic rings. The topological polar surface area (TPSA) is 66.4 Å². The number of nitrogens with one attached hydrogen (secondary N) is 1. The van der Waals surface area contributed by atoms with Gasteiger partial charge in [0, 0.05) is 6.04 Å². The maximum absolute atomic E-state index is 11.3. The zero-order valence-corrected chi connectivity index (χ0v) is 9.39. The van der Waals surface area contributed by atoms with E-state index >= 15 is 0 Å². The molecule has 0 bridgehead atoms. The van der Waals surface area contributed by atoms with Crippen LogP contribution >= 0.6 is 0 Å². The van der Waals surface area contributed by atoms with Crippen molar-refractivity contribution in [1.82, 2.24) is 4.72 Å². The van der Waals surface area contributed by atoms with Crippen molar-refractivity contribution in [3.63, 3.8) is 0 Å². The van der Waals surface area contributed by atoms with Crippen LogP contribution in [0.3, 0.4) is 0 Å². The second kappa shape index (κ2) is 5.09. The van der Waals surface area contributed by atoms with E-state index in [1.807, 2.05) is 6.92 Å². The number of hydrogen-bond acceptors (Lipinski definition) is 3. The molecule has 0 saturated heterocycles. The van der Waals surface area contributed by atoms with Gasteiger partial charge < -0.3 is 5.11 Å². The molecule has 1 atom stereocenters. The molecule has 0 aromatic rings. The van der Waals surface area contributed by atoms with Gasteiger partial charge in [-0.05, 0) is 25.7 Å². The van der Waals surface area contributed by atoms with Gasteiger partial charge in [-0.1, -0.05) is 12.8 Å². The molecule has 0 aromatic carbocycles. The van der Waals surface area contributed by atoms with E-state index in [-0.39, 0.29) is 18.4 Å². The van der Waals surface area contributed by atoms with Gasteiger partial charge in [0.25, 0.3) is 0 Å². The largest absolute Gasteiger partial charge is 0.395 e. The summed E-state index contributed by atoms with van der Waals surface area (Å²) in [5, 5.41) is 8.56. The fourth-order valence-electron chi connectivity index (χ4n) is 2.02. The third-order valence-corrected chi connectivity index (χ3v) is 4.28. The van der Waals surface area contributed by atoms with Crippen LogP contribution in [0.4, 0.5) is 0 Å². The molecule has 5 heteroatoms. The smallest absolute Gasteiger partial charge is 0.214 e. The Hall–Kier alpha value is -0.130. The molecule has 1 rings (SSSR count). The Balaban J connectivity index is 2.42. The van der Waals surface area contributed by atoms with E-state index in [9.17, 15) is 8.42 Å². The summed E-state index contributed by atoms with van der Waals surface area (Å²) in [6.45, 7) is 1.59. The first-order valence-electron chi connectivity index (χ1n) is 5.16. The Morgan fingerprint density at radius 1 is 1.43 bits per heavy atom. The van der Waals surface area contributed by atoms with Crippen LogP contribution in [-0.4, -0.2) is 31.9 Å². The Labute approximate surface area is 85.8 Å². The van der Waals surface area contributed by atoms with Crippen molar-refractivity contribution in [2.24, 2.45) is 5.92 Å². The van der Waals surface area contributed by atoms with Crippen LogP contribution < -0.4 is 4.72 Å². The van der Waals surface area contributed by atoms with Gasteiger partial charge in [-0.15, -0.1) is 0 Å². The first kappa shape index (κ1) is 11.9. The molecular formula is C9H19NO3S.